The summed E-state index contributed by atoms with van der Waals surface area (Å²) in [5, 5.41) is 9.01. The third-order valence-corrected chi connectivity index (χ3v) is 6.05. The van der Waals surface area contributed by atoms with Gasteiger partial charge < -0.3 is 4.90 Å². The molecule has 1 amide bonds. The lowest BCUT2D eigenvalue weighted by molar-refractivity contribution is -0.127. The summed E-state index contributed by atoms with van der Waals surface area (Å²) in [6.07, 6.45) is 0. The maximum atomic E-state index is 14.5. The number of halogens is 2. The van der Waals surface area contributed by atoms with E-state index in [1.54, 1.807) is 42.3 Å². The van der Waals surface area contributed by atoms with Crippen LogP contribution in [0.15, 0.2) is 84.0 Å². The molecule has 0 fully saturated rings. The van der Waals surface area contributed by atoms with Gasteiger partial charge >= 0.3 is 0 Å². The molecule has 168 valence electrons. The first kappa shape index (κ1) is 22.7. The van der Waals surface area contributed by atoms with Crippen LogP contribution >= 0.6 is 11.8 Å². The second-order valence-electron chi connectivity index (χ2n) is 7.52. The molecule has 4 aromatic rings. The molecule has 0 aliphatic rings. The van der Waals surface area contributed by atoms with Crippen molar-refractivity contribution >= 4 is 17.7 Å². The molecule has 0 unspecified atom stereocenters. The third kappa shape index (κ3) is 5.64. The van der Waals surface area contributed by atoms with E-state index >= 15 is 0 Å². The highest BCUT2D eigenvalue weighted by Crippen LogP contribution is 2.27. The van der Waals surface area contributed by atoms with Gasteiger partial charge in [-0.05, 0) is 35.4 Å². The van der Waals surface area contributed by atoms with Crippen LogP contribution in [-0.4, -0.2) is 38.4 Å². The number of hydrogen-bond acceptors (Lipinski definition) is 4. The average Bonchev–Trinajstić information content (AvgIpc) is 3.22. The Morgan fingerprint density at radius 1 is 0.909 bits per heavy atom. The highest BCUT2D eigenvalue weighted by Gasteiger charge is 2.19. The van der Waals surface area contributed by atoms with Crippen molar-refractivity contribution in [1.82, 2.24) is 19.7 Å². The number of aromatic nitrogens is 3. The second kappa shape index (κ2) is 10.4. The number of rotatable bonds is 8. The monoisotopic (exact) mass is 464 g/mol. The quantitative estimate of drug-likeness (QED) is 0.344. The van der Waals surface area contributed by atoms with Gasteiger partial charge in [-0.3, -0.25) is 9.36 Å². The van der Waals surface area contributed by atoms with Crippen LogP contribution in [0.25, 0.3) is 11.4 Å². The minimum atomic E-state index is -0.383. The molecule has 1 heterocycles. The first-order valence-electron chi connectivity index (χ1n) is 10.3. The van der Waals surface area contributed by atoms with E-state index in [0.29, 0.717) is 29.6 Å². The van der Waals surface area contributed by atoms with E-state index in [2.05, 4.69) is 10.2 Å². The van der Waals surface area contributed by atoms with Crippen LogP contribution in [0.4, 0.5) is 8.78 Å². The zero-order valence-electron chi connectivity index (χ0n) is 18.0. The van der Waals surface area contributed by atoms with Crippen LogP contribution in [0, 0.1) is 11.6 Å². The number of nitrogens with zero attached hydrogens (tertiary/aromatic N) is 4. The molecule has 0 saturated carbocycles. The Hall–Kier alpha value is -3.52. The Morgan fingerprint density at radius 3 is 2.33 bits per heavy atom. The number of amides is 1. The average molecular weight is 465 g/mol. The van der Waals surface area contributed by atoms with E-state index in [-0.39, 0.29) is 23.3 Å². The maximum Gasteiger partial charge on any atom is 0.233 e. The Balaban J connectivity index is 1.52. The van der Waals surface area contributed by atoms with Gasteiger partial charge in [0.25, 0.3) is 0 Å². The van der Waals surface area contributed by atoms with Crippen molar-refractivity contribution in [3.63, 3.8) is 0 Å². The molecule has 0 aliphatic heterocycles. The van der Waals surface area contributed by atoms with E-state index in [4.69, 9.17) is 0 Å². The van der Waals surface area contributed by atoms with Gasteiger partial charge in [-0.15, -0.1) is 10.2 Å². The Bertz CT molecular complexity index is 1230. The molecular weight excluding hydrogens is 442 g/mol. The Labute approximate surface area is 195 Å². The van der Waals surface area contributed by atoms with E-state index in [1.807, 2.05) is 34.9 Å². The Kier molecular flexibility index (Phi) is 7.14. The van der Waals surface area contributed by atoms with E-state index in [1.165, 1.54) is 30.0 Å². The van der Waals surface area contributed by atoms with Crippen LogP contribution in [0.2, 0.25) is 0 Å². The highest BCUT2D eigenvalue weighted by molar-refractivity contribution is 7.99. The van der Waals surface area contributed by atoms with Gasteiger partial charge in [0.15, 0.2) is 11.0 Å². The van der Waals surface area contributed by atoms with Crippen molar-refractivity contribution in [2.24, 2.45) is 0 Å². The zero-order chi connectivity index (χ0) is 23.2. The second-order valence-corrected chi connectivity index (χ2v) is 8.47. The summed E-state index contributed by atoms with van der Waals surface area (Å²) in [6.45, 7) is 0.816. The molecule has 0 spiro atoms. The van der Waals surface area contributed by atoms with E-state index < -0.39 is 0 Å². The lowest BCUT2D eigenvalue weighted by Gasteiger charge is -2.17. The number of benzene rings is 3. The lowest BCUT2D eigenvalue weighted by atomic mass is 10.2. The minimum absolute atomic E-state index is 0.106. The maximum absolute atomic E-state index is 14.5. The van der Waals surface area contributed by atoms with Gasteiger partial charge in [0.2, 0.25) is 5.91 Å². The molecule has 0 radical (unpaired) electrons. The molecule has 0 saturated heterocycles. The molecule has 3 aromatic carbocycles. The van der Waals surface area contributed by atoms with Gasteiger partial charge in [-0.1, -0.05) is 66.4 Å². The molecule has 8 heteroatoms. The number of thioether (sulfide) groups is 1. The molecule has 0 N–H and O–H groups in total. The normalized spacial score (nSPS) is 10.9. The van der Waals surface area contributed by atoms with Gasteiger partial charge in [0.05, 0.1) is 17.9 Å². The first-order chi connectivity index (χ1) is 16.0. The first-order valence-corrected chi connectivity index (χ1v) is 11.3. The van der Waals surface area contributed by atoms with Crippen molar-refractivity contribution in [1.29, 1.82) is 0 Å². The summed E-state index contributed by atoms with van der Waals surface area (Å²) < 4.78 is 29.4. The van der Waals surface area contributed by atoms with E-state index in [9.17, 15) is 13.6 Å². The molecule has 0 atom stereocenters. The van der Waals surface area contributed by atoms with Crippen molar-refractivity contribution < 1.29 is 13.6 Å². The van der Waals surface area contributed by atoms with Crippen molar-refractivity contribution in [3.8, 4) is 11.4 Å². The van der Waals surface area contributed by atoms with Gasteiger partial charge in [0, 0.05) is 13.6 Å². The lowest BCUT2D eigenvalue weighted by Crippen LogP contribution is -2.27. The summed E-state index contributed by atoms with van der Waals surface area (Å²) in [4.78, 5) is 14.3. The summed E-state index contributed by atoms with van der Waals surface area (Å²) in [5.41, 5.74) is 2.20. The van der Waals surface area contributed by atoms with Crippen molar-refractivity contribution in [2.45, 2.75) is 18.2 Å². The minimum Gasteiger partial charge on any atom is -0.341 e. The molecule has 33 heavy (non-hydrogen) atoms. The topological polar surface area (TPSA) is 51.0 Å². The van der Waals surface area contributed by atoms with Crippen LogP contribution < -0.4 is 0 Å². The van der Waals surface area contributed by atoms with Crippen molar-refractivity contribution in [3.05, 3.63) is 102 Å². The van der Waals surface area contributed by atoms with Crippen LogP contribution in [0.5, 0.6) is 0 Å². The van der Waals surface area contributed by atoms with Gasteiger partial charge in [-0.2, -0.15) is 0 Å². The molecule has 4 rings (SSSR count). The van der Waals surface area contributed by atoms with Gasteiger partial charge in [0.1, 0.15) is 11.6 Å². The molecule has 0 bridgehead atoms. The zero-order valence-corrected chi connectivity index (χ0v) is 18.8. The van der Waals surface area contributed by atoms with Crippen LogP contribution in [-0.2, 0) is 17.9 Å². The van der Waals surface area contributed by atoms with E-state index in [0.717, 1.165) is 11.1 Å². The predicted octanol–water partition coefficient (Wildman–Crippen LogP) is 5.02. The van der Waals surface area contributed by atoms with Crippen LogP contribution in [0.3, 0.4) is 0 Å². The number of carbonyl (C=O) groups excluding carboxylic acids is 1. The molecule has 1 aromatic heterocycles. The fourth-order valence-corrected chi connectivity index (χ4v) is 4.21. The van der Waals surface area contributed by atoms with Crippen molar-refractivity contribution in [2.75, 3.05) is 12.8 Å². The predicted molar refractivity (Wildman–Crippen MR) is 125 cm³/mol. The standard InChI is InChI=1S/C25H22F2N4OS/c1-30(15-19-11-13-20(26)14-12-19)23(32)17-33-25-29-28-24(21-9-5-6-10-22(21)27)31(25)16-18-7-3-2-4-8-18/h2-14H,15-17H2,1H3. The summed E-state index contributed by atoms with van der Waals surface area (Å²) in [6, 6.07) is 22.2. The number of hydrogen-bond donors (Lipinski definition) is 0. The fraction of sp³-hybridized carbons (Fsp3) is 0.160. The Morgan fingerprint density at radius 2 is 1.61 bits per heavy atom. The third-order valence-electron chi connectivity index (χ3n) is 5.10. The smallest absolute Gasteiger partial charge is 0.233 e. The highest BCUT2D eigenvalue weighted by atomic mass is 32.2. The molecule has 0 aliphatic carbocycles. The number of carbonyl (C=O) groups is 1. The largest absolute Gasteiger partial charge is 0.341 e. The molecular formula is C25H22F2N4OS. The van der Waals surface area contributed by atoms with Gasteiger partial charge in [-0.25, -0.2) is 8.78 Å². The molecule has 5 nitrogen and oxygen atoms in total. The fourth-order valence-electron chi connectivity index (χ4n) is 3.33. The summed E-state index contributed by atoms with van der Waals surface area (Å²) in [7, 11) is 1.70. The summed E-state index contributed by atoms with van der Waals surface area (Å²) >= 11 is 1.25. The SMILES string of the molecule is CN(Cc1ccc(F)cc1)C(=O)CSc1nnc(-c2ccccc2F)n1Cc1ccccc1. The summed E-state index contributed by atoms with van der Waals surface area (Å²) in [5.74, 6) is -0.253. The van der Waals surface area contributed by atoms with Crippen LogP contribution in [0.1, 0.15) is 11.1 Å².